The molecule has 0 radical (unpaired) electrons. The number of halogens is 1. The van der Waals surface area contributed by atoms with Gasteiger partial charge in [0.05, 0.1) is 0 Å². The molecule has 6 rings (SSSR count). The average molecular weight is 722 g/mol. The molecule has 4 aromatic carbocycles. The Morgan fingerprint density at radius 2 is 1.37 bits per heavy atom. The van der Waals surface area contributed by atoms with Crippen molar-refractivity contribution in [2.75, 3.05) is 25.6 Å². The first kappa shape index (κ1) is 32.3. The number of carbonyl (C=O) groups excluding carboxylic acids is 3. The third kappa shape index (κ3) is 5.95. The van der Waals surface area contributed by atoms with Crippen molar-refractivity contribution in [2.24, 2.45) is 0 Å². The molecule has 4 aromatic rings. The van der Waals surface area contributed by atoms with E-state index in [1.807, 2.05) is 60.7 Å². The summed E-state index contributed by atoms with van der Waals surface area (Å²) in [5.41, 5.74) is 0. The molecule has 0 spiro atoms. The number of benzene rings is 4. The first-order chi connectivity index (χ1) is 22.3. The molecule has 2 unspecified atom stereocenters. The molecule has 2 aliphatic rings. The van der Waals surface area contributed by atoms with Crippen molar-refractivity contribution in [3.05, 3.63) is 121 Å². The zero-order valence-electron chi connectivity index (χ0n) is 25.1. The SMILES string of the molecule is COC(=O)C1N2C(=O)[C@@H](NC(=O)COc3ccccc3)[C@H]2[S@@+]([O-])CC1(Br)C[PH](c1ccccc1)(c1ccccc1)c1ccccc1. The minimum absolute atomic E-state index is 0.0648. The maximum absolute atomic E-state index is 14.1. The summed E-state index contributed by atoms with van der Waals surface area (Å²) in [6.07, 6.45) is 0.405. The van der Waals surface area contributed by atoms with Crippen molar-refractivity contribution < 1.29 is 28.4 Å². The number of hydrogen-bond acceptors (Lipinski definition) is 6. The van der Waals surface area contributed by atoms with Crippen molar-refractivity contribution in [3.63, 3.8) is 0 Å². The summed E-state index contributed by atoms with van der Waals surface area (Å²) in [5.74, 6) is -1.04. The van der Waals surface area contributed by atoms with Gasteiger partial charge in [-0.05, 0) is 0 Å². The summed E-state index contributed by atoms with van der Waals surface area (Å²) >= 11 is 2.33. The molecular formula is C35H34BrN2O6PS. The van der Waals surface area contributed by atoms with Crippen molar-refractivity contribution in [1.29, 1.82) is 0 Å². The van der Waals surface area contributed by atoms with E-state index in [0.29, 0.717) is 11.9 Å². The first-order valence-electron chi connectivity index (χ1n) is 14.9. The Morgan fingerprint density at radius 3 is 1.85 bits per heavy atom. The normalized spacial score (nSPS) is 24.2. The van der Waals surface area contributed by atoms with Gasteiger partial charge in [0.2, 0.25) is 0 Å². The van der Waals surface area contributed by atoms with Crippen LogP contribution in [0.4, 0.5) is 0 Å². The van der Waals surface area contributed by atoms with Crippen LogP contribution in [0, 0.1) is 0 Å². The van der Waals surface area contributed by atoms with E-state index in [0.717, 1.165) is 15.9 Å². The van der Waals surface area contributed by atoms with Crippen LogP contribution in [0.25, 0.3) is 0 Å². The number of methoxy groups -OCH3 is 1. The van der Waals surface area contributed by atoms with Gasteiger partial charge in [0.1, 0.15) is 0 Å². The first-order valence-corrected chi connectivity index (χ1v) is 19.3. The number of fused-ring (bicyclic) bond motifs is 1. The van der Waals surface area contributed by atoms with Crippen molar-refractivity contribution in [2.45, 2.75) is 21.8 Å². The van der Waals surface area contributed by atoms with Crippen LogP contribution in [0.1, 0.15) is 0 Å². The summed E-state index contributed by atoms with van der Waals surface area (Å²) in [6.45, 7) is -0.310. The van der Waals surface area contributed by atoms with Gasteiger partial charge in [-0.25, -0.2) is 0 Å². The second-order valence-electron chi connectivity index (χ2n) is 11.4. The molecule has 11 heteroatoms. The molecule has 8 nitrogen and oxygen atoms in total. The minimum atomic E-state index is -2.96. The molecule has 0 aliphatic carbocycles. The van der Waals surface area contributed by atoms with E-state index in [2.05, 4.69) is 57.6 Å². The van der Waals surface area contributed by atoms with Gasteiger partial charge in [0.15, 0.2) is 0 Å². The van der Waals surface area contributed by atoms with Gasteiger partial charge in [0.25, 0.3) is 0 Å². The Hall–Kier alpha value is -3.69. The van der Waals surface area contributed by atoms with Crippen LogP contribution in [0.15, 0.2) is 121 Å². The average Bonchev–Trinajstić information content (AvgIpc) is 3.10. The molecule has 0 saturated carbocycles. The van der Waals surface area contributed by atoms with E-state index in [4.69, 9.17) is 9.47 Å². The fraction of sp³-hybridized carbons (Fsp3) is 0.229. The van der Waals surface area contributed by atoms with Crippen molar-refractivity contribution in [3.8, 4) is 5.75 Å². The van der Waals surface area contributed by atoms with Crippen molar-refractivity contribution in [1.82, 2.24) is 10.2 Å². The molecule has 0 bridgehead atoms. The van der Waals surface area contributed by atoms with Gasteiger partial charge in [-0.2, -0.15) is 0 Å². The number of β-lactam (4-membered cyclic amide) rings is 1. The predicted molar refractivity (Wildman–Crippen MR) is 186 cm³/mol. The number of alkyl halides is 1. The number of nitrogens with one attached hydrogen (secondary N) is 1. The van der Waals surface area contributed by atoms with Crippen LogP contribution in [0.5, 0.6) is 5.75 Å². The molecule has 2 aliphatic heterocycles. The van der Waals surface area contributed by atoms with Crippen LogP contribution >= 0.6 is 23.2 Å². The summed E-state index contributed by atoms with van der Waals surface area (Å²) in [5, 5.41) is 5.14. The molecule has 2 fully saturated rings. The molecule has 2 heterocycles. The molecule has 0 aromatic heterocycles. The van der Waals surface area contributed by atoms with Crippen LogP contribution in [0.2, 0.25) is 0 Å². The number of amides is 2. The van der Waals surface area contributed by atoms with E-state index in [1.54, 1.807) is 24.3 Å². The number of rotatable bonds is 10. The maximum atomic E-state index is 14.1. The number of carbonyl (C=O) groups is 3. The van der Waals surface area contributed by atoms with Crippen LogP contribution in [-0.2, 0) is 30.3 Å². The second-order valence-corrected chi connectivity index (χ2v) is 18.5. The molecular weight excluding hydrogens is 687 g/mol. The zero-order chi connectivity index (χ0) is 32.3. The number of hydrogen-bond donors (Lipinski definition) is 1. The van der Waals surface area contributed by atoms with E-state index >= 15 is 0 Å². The Kier molecular flexibility index (Phi) is 9.52. The van der Waals surface area contributed by atoms with Gasteiger partial charge in [-0.1, -0.05) is 18.2 Å². The quantitative estimate of drug-likeness (QED) is 0.0889. The van der Waals surface area contributed by atoms with Gasteiger partial charge in [-0.15, -0.1) is 0 Å². The third-order valence-corrected chi connectivity index (χ3v) is 17.6. The van der Waals surface area contributed by atoms with Crippen molar-refractivity contribution >= 4 is 68.1 Å². The van der Waals surface area contributed by atoms with Gasteiger partial charge < -0.3 is 0 Å². The number of para-hydroxylation sites is 1. The summed E-state index contributed by atoms with van der Waals surface area (Å²) in [6, 6.07) is 37.3. The Morgan fingerprint density at radius 1 is 0.891 bits per heavy atom. The Labute approximate surface area is 280 Å². The summed E-state index contributed by atoms with van der Waals surface area (Å²) < 4.78 is 23.8. The third-order valence-electron chi connectivity index (χ3n) is 8.71. The molecule has 1 N–H and O–H groups in total. The van der Waals surface area contributed by atoms with Gasteiger partial charge >= 0.3 is 263 Å². The second kappa shape index (κ2) is 13.6. The number of ether oxygens (including phenoxy) is 2. The number of nitrogens with zero attached hydrogens (tertiary/aromatic N) is 1. The van der Waals surface area contributed by atoms with E-state index in [9.17, 15) is 18.9 Å². The molecule has 46 heavy (non-hydrogen) atoms. The van der Waals surface area contributed by atoms with E-state index in [-0.39, 0.29) is 12.4 Å². The molecule has 2 saturated heterocycles. The standard InChI is InChI=1S/C35H34BrN2O6PS/c1-43-34(41)31-35(36,24-46(42)33-30(32(40)38(31)33)37-29(39)22-44-25-14-6-2-7-15-25)23-45(26-16-8-3-9-17-26,27-18-10-4-11-19-27)28-20-12-5-13-21-28/h2-21,30-31,33,45H,22-24H2,1H3,(H,37,39)/t30-,31?,33-,35?,46+/m1/s1. The van der Waals surface area contributed by atoms with E-state index in [1.165, 1.54) is 12.0 Å². The fourth-order valence-corrected chi connectivity index (χ4v) is 16.2. The topological polar surface area (TPSA) is 108 Å². The molecule has 238 valence electrons. The monoisotopic (exact) mass is 720 g/mol. The predicted octanol–water partition coefficient (Wildman–Crippen LogP) is 2.88. The number of esters is 1. The van der Waals surface area contributed by atoms with E-state index < -0.39 is 58.0 Å². The fourth-order valence-electron chi connectivity index (χ4n) is 6.70. The molecule has 5 atom stereocenters. The van der Waals surface area contributed by atoms with Crippen LogP contribution < -0.4 is 26.0 Å². The Balaban J connectivity index is 1.36. The zero-order valence-corrected chi connectivity index (χ0v) is 28.5. The Bertz CT molecular complexity index is 1590. The van der Waals surface area contributed by atoms with Gasteiger partial charge in [0, 0.05) is 0 Å². The van der Waals surface area contributed by atoms with Crippen LogP contribution in [-0.4, -0.2) is 74.6 Å². The van der Waals surface area contributed by atoms with Gasteiger partial charge in [-0.3, -0.25) is 0 Å². The summed E-state index contributed by atoms with van der Waals surface area (Å²) in [7, 11) is -1.67. The summed E-state index contributed by atoms with van der Waals surface area (Å²) in [4.78, 5) is 41.6. The van der Waals surface area contributed by atoms with Crippen LogP contribution in [0.3, 0.4) is 0 Å². The molecule has 2 amide bonds.